The van der Waals surface area contributed by atoms with Gasteiger partial charge >= 0.3 is 6.09 Å². The van der Waals surface area contributed by atoms with Crippen molar-refractivity contribution in [1.82, 2.24) is 14.1 Å². The van der Waals surface area contributed by atoms with Gasteiger partial charge in [0.2, 0.25) is 10.0 Å². The minimum absolute atomic E-state index is 0.153. The van der Waals surface area contributed by atoms with Crippen molar-refractivity contribution in [1.29, 1.82) is 0 Å². The van der Waals surface area contributed by atoms with Gasteiger partial charge in [-0.1, -0.05) is 0 Å². The van der Waals surface area contributed by atoms with E-state index in [1.54, 1.807) is 29.7 Å². The Balaban J connectivity index is 1.91. The molecule has 1 saturated heterocycles. The van der Waals surface area contributed by atoms with E-state index >= 15 is 0 Å². The van der Waals surface area contributed by atoms with Crippen LogP contribution in [-0.4, -0.2) is 88.0 Å². The Morgan fingerprint density at radius 3 is 2.25 bits per heavy atom. The molecule has 0 atom stereocenters. The molecule has 156 valence electrons. The van der Waals surface area contributed by atoms with Crippen LogP contribution in [0.4, 0.5) is 4.79 Å². The number of hydrogen-bond donors (Lipinski definition) is 0. The van der Waals surface area contributed by atoms with E-state index in [-0.39, 0.29) is 23.5 Å². The van der Waals surface area contributed by atoms with Gasteiger partial charge in [0.25, 0.3) is 5.91 Å². The molecule has 0 aliphatic carbocycles. The summed E-state index contributed by atoms with van der Waals surface area (Å²) in [6, 6.07) is 4.53. The summed E-state index contributed by atoms with van der Waals surface area (Å²) >= 11 is 0. The lowest BCUT2D eigenvalue weighted by Crippen LogP contribution is -2.51. The molecule has 0 unspecified atom stereocenters. The van der Waals surface area contributed by atoms with Gasteiger partial charge in [-0.3, -0.25) is 4.79 Å². The minimum atomic E-state index is -3.52. The third-order valence-electron chi connectivity index (χ3n) is 4.43. The van der Waals surface area contributed by atoms with Crippen LogP contribution < -0.4 is 4.74 Å². The van der Waals surface area contributed by atoms with Crippen LogP contribution in [0.5, 0.6) is 5.75 Å². The Hall–Kier alpha value is -2.33. The molecule has 0 radical (unpaired) electrons. The van der Waals surface area contributed by atoms with E-state index < -0.39 is 10.0 Å². The standard InChI is InChI=1S/C18H27N3O6S/c1-5-26-18(23)21-10-8-20(9-11-21)17(22)13-27-16-7-6-15(12-14(16)2)28(24,25)19(3)4/h6-7,12H,5,8-11,13H2,1-4H3. The lowest BCUT2D eigenvalue weighted by atomic mass is 10.2. The smallest absolute Gasteiger partial charge is 0.409 e. The molecule has 1 aromatic carbocycles. The number of carbonyl (C=O) groups is 2. The van der Waals surface area contributed by atoms with Gasteiger partial charge in [-0.25, -0.2) is 17.5 Å². The Kier molecular flexibility index (Phi) is 7.25. The Morgan fingerprint density at radius 1 is 1.11 bits per heavy atom. The molecule has 2 rings (SSSR count). The molecule has 0 bridgehead atoms. The lowest BCUT2D eigenvalue weighted by molar-refractivity contribution is -0.134. The summed E-state index contributed by atoms with van der Waals surface area (Å²) in [4.78, 5) is 27.4. The van der Waals surface area contributed by atoms with E-state index in [0.29, 0.717) is 44.1 Å². The maximum Gasteiger partial charge on any atom is 0.409 e. The largest absolute Gasteiger partial charge is 0.483 e. The van der Waals surface area contributed by atoms with Gasteiger partial charge in [0.05, 0.1) is 11.5 Å². The number of ether oxygens (including phenoxy) is 2. The molecular formula is C18H27N3O6S. The number of benzene rings is 1. The molecule has 0 N–H and O–H groups in total. The van der Waals surface area contributed by atoms with Crippen LogP contribution in [0.25, 0.3) is 0 Å². The van der Waals surface area contributed by atoms with Gasteiger partial charge in [0.15, 0.2) is 6.61 Å². The highest BCUT2D eigenvalue weighted by Crippen LogP contribution is 2.23. The second-order valence-electron chi connectivity index (χ2n) is 6.57. The van der Waals surface area contributed by atoms with Crippen molar-refractivity contribution in [2.75, 3.05) is 53.5 Å². The number of sulfonamides is 1. The first kappa shape index (κ1) is 22.0. The van der Waals surface area contributed by atoms with Gasteiger partial charge in [-0.2, -0.15) is 0 Å². The SMILES string of the molecule is CCOC(=O)N1CCN(C(=O)COc2ccc(S(=O)(=O)N(C)C)cc2C)CC1. The van der Waals surface area contributed by atoms with Crippen LogP contribution >= 0.6 is 0 Å². The zero-order valence-electron chi connectivity index (χ0n) is 16.7. The summed E-state index contributed by atoms with van der Waals surface area (Å²) in [5, 5.41) is 0. The minimum Gasteiger partial charge on any atom is -0.483 e. The van der Waals surface area contributed by atoms with Gasteiger partial charge < -0.3 is 19.3 Å². The summed E-state index contributed by atoms with van der Waals surface area (Å²) < 4.78 is 36.0. The quantitative estimate of drug-likeness (QED) is 0.688. The van der Waals surface area contributed by atoms with Crippen LogP contribution in [0.2, 0.25) is 0 Å². The van der Waals surface area contributed by atoms with Crippen LogP contribution in [0, 0.1) is 6.92 Å². The fourth-order valence-electron chi connectivity index (χ4n) is 2.74. The first-order valence-electron chi connectivity index (χ1n) is 9.02. The maximum atomic E-state index is 12.4. The van der Waals surface area contributed by atoms with Gasteiger partial charge in [-0.15, -0.1) is 0 Å². The lowest BCUT2D eigenvalue weighted by Gasteiger charge is -2.34. The van der Waals surface area contributed by atoms with Crippen LogP contribution in [-0.2, 0) is 19.6 Å². The average molecular weight is 413 g/mol. The van der Waals surface area contributed by atoms with E-state index in [2.05, 4.69) is 0 Å². The first-order chi connectivity index (χ1) is 13.2. The van der Waals surface area contributed by atoms with Crippen molar-refractivity contribution in [3.05, 3.63) is 23.8 Å². The Bertz CT molecular complexity index is 817. The fraction of sp³-hybridized carbons (Fsp3) is 0.556. The number of amides is 2. The molecule has 0 aromatic heterocycles. The third-order valence-corrected chi connectivity index (χ3v) is 6.25. The zero-order valence-corrected chi connectivity index (χ0v) is 17.5. The van der Waals surface area contributed by atoms with E-state index in [4.69, 9.17) is 9.47 Å². The molecule has 1 aromatic rings. The number of carbonyl (C=O) groups excluding carboxylic acids is 2. The van der Waals surface area contributed by atoms with Crippen molar-refractivity contribution < 1.29 is 27.5 Å². The highest BCUT2D eigenvalue weighted by atomic mass is 32.2. The molecule has 9 nitrogen and oxygen atoms in total. The summed E-state index contributed by atoms with van der Waals surface area (Å²) in [5.41, 5.74) is 0.628. The number of hydrogen-bond acceptors (Lipinski definition) is 6. The summed E-state index contributed by atoms with van der Waals surface area (Å²) in [6.07, 6.45) is -0.366. The van der Waals surface area contributed by atoms with Gasteiger partial charge in [-0.05, 0) is 37.6 Å². The highest BCUT2D eigenvalue weighted by Gasteiger charge is 2.25. The molecule has 1 aliphatic rings. The van der Waals surface area contributed by atoms with Crippen LogP contribution in [0.15, 0.2) is 23.1 Å². The predicted octanol–water partition coefficient (Wildman–Crippen LogP) is 0.925. The second-order valence-corrected chi connectivity index (χ2v) is 8.72. The fourth-order valence-corrected chi connectivity index (χ4v) is 3.73. The van der Waals surface area contributed by atoms with Crippen molar-refractivity contribution in [2.24, 2.45) is 0 Å². The summed E-state index contributed by atoms with van der Waals surface area (Å²) in [5.74, 6) is 0.268. The molecular weight excluding hydrogens is 386 g/mol. The van der Waals surface area contributed by atoms with Crippen LogP contribution in [0.1, 0.15) is 12.5 Å². The van der Waals surface area contributed by atoms with E-state index in [1.165, 1.54) is 26.2 Å². The number of aryl methyl sites for hydroxylation is 1. The molecule has 1 fully saturated rings. The molecule has 28 heavy (non-hydrogen) atoms. The van der Waals surface area contributed by atoms with Crippen molar-refractivity contribution in [2.45, 2.75) is 18.7 Å². The molecule has 10 heteroatoms. The Morgan fingerprint density at radius 2 is 1.71 bits per heavy atom. The first-order valence-corrected chi connectivity index (χ1v) is 10.5. The highest BCUT2D eigenvalue weighted by molar-refractivity contribution is 7.89. The van der Waals surface area contributed by atoms with Gasteiger partial charge in [0.1, 0.15) is 5.75 Å². The van der Waals surface area contributed by atoms with Crippen molar-refractivity contribution in [3.8, 4) is 5.75 Å². The second kappa shape index (κ2) is 9.24. The number of piperazine rings is 1. The molecule has 0 saturated carbocycles. The zero-order chi connectivity index (χ0) is 20.9. The maximum absolute atomic E-state index is 12.4. The van der Waals surface area contributed by atoms with Crippen molar-refractivity contribution in [3.63, 3.8) is 0 Å². The summed E-state index contributed by atoms with van der Waals surface area (Å²) in [7, 11) is -0.586. The monoisotopic (exact) mass is 413 g/mol. The topological polar surface area (TPSA) is 96.5 Å². The molecule has 1 aliphatic heterocycles. The summed E-state index contributed by atoms with van der Waals surface area (Å²) in [6.45, 7) is 5.31. The number of nitrogens with zero attached hydrogens (tertiary/aromatic N) is 3. The van der Waals surface area contributed by atoms with Crippen molar-refractivity contribution >= 4 is 22.0 Å². The normalized spacial score (nSPS) is 14.9. The van der Waals surface area contributed by atoms with E-state index in [1.807, 2.05) is 0 Å². The van der Waals surface area contributed by atoms with E-state index in [0.717, 1.165) is 4.31 Å². The third kappa shape index (κ3) is 5.14. The van der Waals surface area contributed by atoms with E-state index in [9.17, 15) is 18.0 Å². The Labute approximate surface area is 165 Å². The molecule has 1 heterocycles. The average Bonchev–Trinajstić information content (AvgIpc) is 2.66. The molecule has 0 spiro atoms. The predicted molar refractivity (Wildman–Crippen MR) is 103 cm³/mol. The van der Waals surface area contributed by atoms with Gasteiger partial charge in [0, 0.05) is 40.3 Å². The number of rotatable bonds is 6. The van der Waals surface area contributed by atoms with Crippen LogP contribution in [0.3, 0.4) is 0 Å². The molecule has 2 amide bonds.